The van der Waals surface area contributed by atoms with Gasteiger partial charge in [0.15, 0.2) is 5.16 Å². The molecule has 0 aliphatic heterocycles. The lowest BCUT2D eigenvalue weighted by Gasteiger charge is -2.11. The molecule has 0 radical (unpaired) electrons. The summed E-state index contributed by atoms with van der Waals surface area (Å²) in [6, 6.07) is 14.0. The van der Waals surface area contributed by atoms with Crippen molar-refractivity contribution in [3.05, 3.63) is 48.3 Å². The highest BCUT2D eigenvalue weighted by atomic mass is 32.2. The lowest BCUT2D eigenvalue weighted by Crippen LogP contribution is -2.15. The number of carbonyl (C=O) groups excluding carboxylic acids is 1. The molecule has 3 rings (SSSR count). The maximum Gasteiger partial charge on any atom is 0.234 e. The summed E-state index contributed by atoms with van der Waals surface area (Å²) >= 11 is 1.44. The molecule has 1 amide bonds. The second kappa shape index (κ2) is 8.36. The standard InChI is InChI=1S/C20H24N4OS/c1-4-12-24-19(14(2)3)22-23-20(24)26-13-18(25)21-17-11-7-9-15-8-5-6-10-16(15)17/h5-11,14H,4,12-13H2,1-3H3,(H,21,25). The number of benzene rings is 2. The Kier molecular flexibility index (Phi) is 5.93. The van der Waals surface area contributed by atoms with Crippen LogP contribution >= 0.6 is 11.8 Å². The van der Waals surface area contributed by atoms with Gasteiger partial charge >= 0.3 is 0 Å². The Morgan fingerprint density at radius 1 is 1.15 bits per heavy atom. The monoisotopic (exact) mass is 368 g/mol. The number of hydrogen-bond donors (Lipinski definition) is 1. The smallest absolute Gasteiger partial charge is 0.234 e. The van der Waals surface area contributed by atoms with Crippen LogP contribution in [0.25, 0.3) is 10.8 Å². The fraction of sp³-hybridized carbons (Fsp3) is 0.350. The first-order valence-electron chi connectivity index (χ1n) is 8.93. The van der Waals surface area contributed by atoms with Crippen LogP contribution in [0.15, 0.2) is 47.6 Å². The number of fused-ring (bicyclic) bond motifs is 1. The Morgan fingerprint density at radius 2 is 1.92 bits per heavy atom. The van der Waals surface area contributed by atoms with E-state index in [1.165, 1.54) is 11.8 Å². The number of aromatic nitrogens is 3. The zero-order valence-corrected chi connectivity index (χ0v) is 16.2. The first-order chi connectivity index (χ1) is 12.6. The summed E-state index contributed by atoms with van der Waals surface area (Å²) in [6.07, 6.45) is 1.01. The van der Waals surface area contributed by atoms with E-state index in [1.54, 1.807) is 0 Å². The molecule has 0 fully saturated rings. The summed E-state index contributed by atoms with van der Waals surface area (Å²) in [5.41, 5.74) is 0.839. The van der Waals surface area contributed by atoms with E-state index in [2.05, 4.69) is 40.9 Å². The fourth-order valence-electron chi connectivity index (χ4n) is 2.92. The van der Waals surface area contributed by atoms with Crippen molar-refractivity contribution in [2.75, 3.05) is 11.1 Å². The number of nitrogens with one attached hydrogen (secondary N) is 1. The summed E-state index contributed by atoms with van der Waals surface area (Å²) in [5.74, 6) is 1.56. The molecule has 0 saturated carbocycles. The highest BCUT2D eigenvalue weighted by Gasteiger charge is 2.16. The number of anilines is 1. The molecule has 1 N–H and O–H groups in total. The average Bonchev–Trinajstić information content (AvgIpc) is 3.04. The molecule has 1 aromatic heterocycles. The van der Waals surface area contributed by atoms with Crippen LogP contribution in [0.3, 0.4) is 0 Å². The third kappa shape index (κ3) is 4.07. The zero-order valence-electron chi connectivity index (χ0n) is 15.4. The molecular formula is C20H24N4OS. The highest BCUT2D eigenvalue weighted by molar-refractivity contribution is 7.99. The van der Waals surface area contributed by atoms with Crippen LogP contribution in [-0.2, 0) is 11.3 Å². The number of amides is 1. The molecule has 0 atom stereocenters. The van der Waals surface area contributed by atoms with Gasteiger partial charge in [-0.3, -0.25) is 4.79 Å². The minimum atomic E-state index is -0.0384. The molecule has 3 aromatic rings. The van der Waals surface area contributed by atoms with Crippen LogP contribution in [0.1, 0.15) is 38.9 Å². The lowest BCUT2D eigenvalue weighted by atomic mass is 10.1. The van der Waals surface area contributed by atoms with Crippen molar-refractivity contribution in [1.29, 1.82) is 0 Å². The SMILES string of the molecule is CCCn1c(SCC(=O)Nc2cccc3ccccc23)nnc1C(C)C. The fourth-order valence-corrected chi connectivity index (χ4v) is 3.69. The third-order valence-electron chi connectivity index (χ3n) is 4.11. The van der Waals surface area contributed by atoms with Crippen molar-refractivity contribution in [2.45, 2.75) is 44.8 Å². The Balaban J connectivity index is 1.69. The van der Waals surface area contributed by atoms with Gasteiger partial charge in [-0.15, -0.1) is 10.2 Å². The Bertz CT molecular complexity index is 898. The van der Waals surface area contributed by atoms with Gasteiger partial charge in [0.05, 0.1) is 5.75 Å². The first kappa shape index (κ1) is 18.5. The van der Waals surface area contributed by atoms with Crippen LogP contribution in [-0.4, -0.2) is 26.4 Å². The van der Waals surface area contributed by atoms with Gasteiger partial charge in [-0.1, -0.05) is 68.9 Å². The minimum Gasteiger partial charge on any atom is -0.325 e. The van der Waals surface area contributed by atoms with Crippen LogP contribution < -0.4 is 5.32 Å². The van der Waals surface area contributed by atoms with Gasteiger partial charge in [0.1, 0.15) is 5.82 Å². The summed E-state index contributed by atoms with van der Waals surface area (Å²) in [5, 5.41) is 14.6. The van der Waals surface area contributed by atoms with E-state index in [0.717, 1.165) is 40.4 Å². The molecule has 2 aromatic carbocycles. The van der Waals surface area contributed by atoms with E-state index in [9.17, 15) is 4.79 Å². The largest absolute Gasteiger partial charge is 0.325 e. The first-order valence-corrected chi connectivity index (χ1v) is 9.92. The summed E-state index contributed by atoms with van der Waals surface area (Å²) in [4.78, 5) is 12.4. The third-order valence-corrected chi connectivity index (χ3v) is 5.07. The predicted molar refractivity (Wildman–Crippen MR) is 108 cm³/mol. The van der Waals surface area contributed by atoms with E-state index in [0.29, 0.717) is 11.7 Å². The van der Waals surface area contributed by atoms with Crippen LogP contribution in [0.2, 0.25) is 0 Å². The number of hydrogen-bond acceptors (Lipinski definition) is 4. The minimum absolute atomic E-state index is 0.0384. The van der Waals surface area contributed by atoms with Gasteiger partial charge in [-0.25, -0.2) is 0 Å². The lowest BCUT2D eigenvalue weighted by molar-refractivity contribution is -0.113. The Labute approximate surface area is 158 Å². The molecule has 1 heterocycles. The van der Waals surface area contributed by atoms with E-state index >= 15 is 0 Å². The quantitative estimate of drug-likeness (QED) is 0.614. The van der Waals surface area contributed by atoms with Crippen molar-refractivity contribution >= 4 is 34.1 Å². The summed E-state index contributed by atoms with van der Waals surface area (Å²) in [6.45, 7) is 7.22. The highest BCUT2D eigenvalue weighted by Crippen LogP contribution is 2.25. The number of nitrogens with zero attached hydrogens (tertiary/aromatic N) is 3. The number of rotatable bonds is 7. The normalized spacial score (nSPS) is 11.2. The van der Waals surface area contributed by atoms with Gasteiger partial charge in [0.2, 0.25) is 5.91 Å². The molecule has 136 valence electrons. The van der Waals surface area contributed by atoms with Crippen molar-refractivity contribution in [3.63, 3.8) is 0 Å². The van der Waals surface area contributed by atoms with Gasteiger partial charge in [0.25, 0.3) is 0 Å². The number of carbonyl (C=O) groups is 1. The Hall–Kier alpha value is -2.34. The van der Waals surface area contributed by atoms with Crippen molar-refractivity contribution < 1.29 is 4.79 Å². The average molecular weight is 369 g/mol. The molecule has 0 saturated heterocycles. The Morgan fingerprint density at radius 3 is 2.69 bits per heavy atom. The molecule has 0 spiro atoms. The predicted octanol–water partition coefficient (Wildman–Crippen LogP) is 4.70. The van der Waals surface area contributed by atoms with Gasteiger partial charge in [0, 0.05) is 23.5 Å². The summed E-state index contributed by atoms with van der Waals surface area (Å²) in [7, 11) is 0. The van der Waals surface area contributed by atoms with E-state index in [4.69, 9.17) is 0 Å². The maximum atomic E-state index is 12.4. The van der Waals surface area contributed by atoms with Gasteiger partial charge < -0.3 is 9.88 Å². The zero-order chi connectivity index (χ0) is 18.5. The van der Waals surface area contributed by atoms with E-state index in [1.807, 2.05) is 42.5 Å². The van der Waals surface area contributed by atoms with Gasteiger partial charge in [-0.2, -0.15) is 0 Å². The summed E-state index contributed by atoms with van der Waals surface area (Å²) < 4.78 is 2.13. The topological polar surface area (TPSA) is 59.8 Å². The molecular weight excluding hydrogens is 344 g/mol. The molecule has 0 unspecified atom stereocenters. The molecule has 26 heavy (non-hydrogen) atoms. The molecule has 5 nitrogen and oxygen atoms in total. The van der Waals surface area contributed by atoms with Crippen LogP contribution in [0.4, 0.5) is 5.69 Å². The molecule has 0 bridgehead atoms. The van der Waals surface area contributed by atoms with E-state index in [-0.39, 0.29) is 5.91 Å². The second-order valence-electron chi connectivity index (χ2n) is 6.51. The molecule has 6 heteroatoms. The maximum absolute atomic E-state index is 12.4. The van der Waals surface area contributed by atoms with Crippen molar-refractivity contribution in [3.8, 4) is 0 Å². The second-order valence-corrected chi connectivity index (χ2v) is 7.45. The van der Waals surface area contributed by atoms with Crippen molar-refractivity contribution in [2.24, 2.45) is 0 Å². The van der Waals surface area contributed by atoms with Crippen molar-refractivity contribution in [1.82, 2.24) is 14.8 Å². The molecule has 0 aliphatic rings. The van der Waals surface area contributed by atoms with E-state index < -0.39 is 0 Å². The van der Waals surface area contributed by atoms with Crippen LogP contribution in [0, 0.1) is 0 Å². The van der Waals surface area contributed by atoms with Crippen LogP contribution in [0.5, 0.6) is 0 Å². The van der Waals surface area contributed by atoms with Gasteiger partial charge in [-0.05, 0) is 17.9 Å². The number of thioether (sulfide) groups is 1. The molecule has 0 aliphatic carbocycles.